The first-order valence-electron chi connectivity index (χ1n) is 4.99. The summed E-state index contributed by atoms with van der Waals surface area (Å²) in [5.74, 6) is 0.796. The van der Waals surface area contributed by atoms with E-state index in [2.05, 4.69) is 12.1 Å². The van der Waals surface area contributed by atoms with Crippen LogP contribution in [0.3, 0.4) is 0 Å². The summed E-state index contributed by atoms with van der Waals surface area (Å²) in [6, 6.07) is 9.31. The van der Waals surface area contributed by atoms with Gasteiger partial charge >= 0.3 is 6.03 Å². The lowest BCUT2D eigenvalue weighted by molar-refractivity contribution is -0.0431. The van der Waals surface area contributed by atoms with Gasteiger partial charge in [-0.25, -0.2) is 9.86 Å². The highest BCUT2D eigenvalue weighted by molar-refractivity contribution is 5.70. The Labute approximate surface area is 88.3 Å². The van der Waals surface area contributed by atoms with Crippen molar-refractivity contribution in [2.45, 2.75) is 12.3 Å². The molecule has 0 radical (unpaired) electrons. The summed E-state index contributed by atoms with van der Waals surface area (Å²) in [5.41, 5.74) is 6.20. The van der Waals surface area contributed by atoms with Gasteiger partial charge in [0, 0.05) is 0 Å². The molecular weight excluding hydrogens is 192 g/mol. The number of nitrogens with two attached hydrogens (primary N) is 1. The Kier molecular flexibility index (Phi) is 2.60. The van der Waals surface area contributed by atoms with Crippen LogP contribution in [0.2, 0.25) is 0 Å². The minimum absolute atomic E-state index is 0.328. The number of rotatable bonds is 3. The van der Waals surface area contributed by atoms with E-state index >= 15 is 0 Å². The molecule has 2 rings (SSSR count). The van der Waals surface area contributed by atoms with Gasteiger partial charge in [0.1, 0.15) is 0 Å². The Hall–Kier alpha value is -1.55. The zero-order valence-electron chi connectivity index (χ0n) is 8.34. The van der Waals surface area contributed by atoms with Crippen LogP contribution in [0, 0.1) is 5.92 Å². The van der Waals surface area contributed by atoms with E-state index in [1.807, 2.05) is 18.2 Å². The van der Waals surface area contributed by atoms with Crippen molar-refractivity contribution in [2.75, 3.05) is 6.54 Å². The van der Waals surface area contributed by atoms with Crippen LogP contribution in [0.1, 0.15) is 17.9 Å². The van der Waals surface area contributed by atoms with Gasteiger partial charge in [0.2, 0.25) is 0 Å². The third-order valence-electron chi connectivity index (χ3n) is 2.81. The van der Waals surface area contributed by atoms with Crippen molar-refractivity contribution in [1.29, 1.82) is 0 Å². The van der Waals surface area contributed by atoms with Crippen molar-refractivity contribution in [3.63, 3.8) is 0 Å². The number of hydroxylamine groups is 2. The van der Waals surface area contributed by atoms with Crippen molar-refractivity contribution in [2.24, 2.45) is 11.7 Å². The lowest BCUT2D eigenvalue weighted by atomic mass is 10.1. The maximum atomic E-state index is 10.6. The van der Waals surface area contributed by atoms with Crippen LogP contribution in [-0.4, -0.2) is 22.8 Å². The van der Waals surface area contributed by atoms with Gasteiger partial charge in [-0.2, -0.15) is 0 Å². The van der Waals surface area contributed by atoms with Gasteiger partial charge in [0.25, 0.3) is 0 Å². The second-order valence-electron chi connectivity index (χ2n) is 3.93. The van der Waals surface area contributed by atoms with E-state index in [0.29, 0.717) is 23.4 Å². The standard InChI is InChI=1S/C11H14N2O2/c12-11(14)13(15)7-9-6-10(9)8-4-2-1-3-5-8/h1-5,9-10,15H,6-7H2,(H2,12,14)/t9-,10-/m0/s1. The number of nitrogens with zero attached hydrogens (tertiary/aromatic N) is 1. The molecule has 2 atom stereocenters. The summed E-state index contributed by atoms with van der Waals surface area (Å²) >= 11 is 0. The smallest absolute Gasteiger partial charge is 0.338 e. The van der Waals surface area contributed by atoms with Crippen LogP contribution >= 0.6 is 0 Å². The van der Waals surface area contributed by atoms with E-state index in [-0.39, 0.29) is 0 Å². The number of benzene rings is 1. The van der Waals surface area contributed by atoms with Crippen LogP contribution in [0.5, 0.6) is 0 Å². The van der Waals surface area contributed by atoms with Crippen molar-refractivity contribution < 1.29 is 10.0 Å². The number of carbonyl (C=O) groups is 1. The Morgan fingerprint density at radius 2 is 2.13 bits per heavy atom. The highest BCUT2D eigenvalue weighted by Gasteiger charge is 2.39. The van der Waals surface area contributed by atoms with Crippen LogP contribution in [0.4, 0.5) is 4.79 Å². The number of primary amides is 1. The molecule has 1 aliphatic carbocycles. The van der Waals surface area contributed by atoms with Crippen molar-refractivity contribution in [3.8, 4) is 0 Å². The summed E-state index contributed by atoms with van der Waals surface area (Å²) in [6.07, 6.45) is 1.01. The molecule has 0 unspecified atom stereocenters. The quantitative estimate of drug-likeness (QED) is 0.582. The number of hydrogen-bond acceptors (Lipinski definition) is 2. The maximum absolute atomic E-state index is 10.6. The third-order valence-corrected chi connectivity index (χ3v) is 2.81. The van der Waals surface area contributed by atoms with E-state index in [1.54, 1.807) is 0 Å². The highest BCUT2D eigenvalue weighted by atomic mass is 16.5. The highest BCUT2D eigenvalue weighted by Crippen LogP contribution is 2.47. The van der Waals surface area contributed by atoms with Gasteiger partial charge in [-0.3, -0.25) is 5.21 Å². The molecule has 0 bridgehead atoms. The lowest BCUT2D eigenvalue weighted by Gasteiger charge is -2.11. The van der Waals surface area contributed by atoms with Gasteiger partial charge in [0.05, 0.1) is 6.54 Å². The molecular formula is C11H14N2O2. The van der Waals surface area contributed by atoms with Gasteiger partial charge in [-0.15, -0.1) is 0 Å². The Bertz CT molecular complexity index is 353. The lowest BCUT2D eigenvalue weighted by Crippen LogP contribution is -2.34. The molecule has 15 heavy (non-hydrogen) atoms. The Balaban J connectivity index is 1.89. The van der Waals surface area contributed by atoms with E-state index < -0.39 is 6.03 Å². The molecule has 1 aromatic rings. The van der Waals surface area contributed by atoms with Crippen LogP contribution < -0.4 is 5.73 Å². The SMILES string of the molecule is NC(=O)N(O)C[C@@H]1C[C@H]1c1ccccc1. The van der Waals surface area contributed by atoms with Crippen LogP contribution in [0.25, 0.3) is 0 Å². The summed E-state index contributed by atoms with van der Waals surface area (Å²) < 4.78 is 0. The fourth-order valence-electron chi connectivity index (χ4n) is 1.87. The average Bonchev–Trinajstić information content (AvgIpc) is 2.98. The molecule has 0 spiro atoms. The number of carbonyl (C=O) groups excluding carboxylic acids is 1. The minimum Gasteiger partial charge on any atom is -0.350 e. The largest absolute Gasteiger partial charge is 0.350 e. The molecule has 4 nitrogen and oxygen atoms in total. The molecule has 1 aromatic carbocycles. The molecule has 1 saturated carbocycles. The zero-order chi connectivity index (χ0) is 10.8. The molecule has 80 valence electrons. The molecule has 4 heteroatoms. The van der Waals surface area contributed by atoms with Gasteiger partial charge < -0.3 is 5.73 Å². The first-order valence-corrected chi connectivity index (χ1v) is 4.99. The molecule has 1 aliphatic rings. The van der Waals surface area contributed by atoms with Crippen LogP contribution in [-0.2, 0) is 0 Å². The topological polar surface area (TPSA) is 66.6 Å². The molecule has 0 saturated heterocycles. The Morgan fingerprint density at radius 3 is 2.73 bits per heavy atom. The van der Waals surface area contributed by atoms with Crippen molar-refractivity contribution in [3.05, 3.63) is 35.9 Å². The summed E-state index contributed by atoms with van der Waals surface area (Å²) in [5, 5.41) is 9.75. The van der Waals surface area contributed by atoms with E-state index in [1.165, 1.54) is 5.56 Å². The third kappa shape index (κ3) is 2.27. The van der Waals surface area contributed by atoms with E-state index in [0.717, 1.165) is 6.42 Å². The normalized spacial score (nSPS) is 23.5. The van der Waals surface area contributed by atoms with Gasteiger partial charge in [-0.05, 0) is 23.8 Å². The Morgan fingerprint density at radius 1 is 1.47 bits per heavy atom. The molecule has 1 fully saturated rings. The molecule has 0 aliphatic heterocycles. The van der Waals surface area contributed by atoms with Crippen LogP contribution in [0.15, 0.2) is 30.3 Å². The van der Waals surface area contributed by atoms with Gasteiger partial charge in [-0.1, -0.05) is 30.3 Å². The molecule has 0 aromatic heterocycles. The first kappa shape index (κ1) is 9.98. The minimum atomic E-state index is -0.784. The fraction of sp³-hybridized carbons (Fsp3) is 0.364. The van der Waals surface area contributed by atoms with E-state index in [4.69, 9.17) is 10.9 Å². The molecule has 3 N–H and O–H groups in total. The predicted molar refractivity (Wildman–Crippen MR) is 55.4 cm³/mol. The predicted octanol–water partition coefficient (Wildman–Crippen LogP) is 1.56. The second kappa shape index (κ2) is 3.90. The second-order valence-corrected chi connectivity index (χ2v) is 3.93. The zero-order valence-corrected chi connectivity index (χ0v) is 8.34. The fourth-order valence-corrected chi connectivity index (χ4v) is 1.87. The monoisotopic (exact) mass is 206 g/mol. The molecule has 2 amide bonds. The first-order chi connectivity index (χ1) is 7.18. The molecule has 0 heterocycles. The summed E-state index contributed by atoms with van der Waals surface area (Å²) in [6.45, 7) is 0.328. The van der Waals surface area contributed by atoms with Crippen molar-refractivity contribution in [1.82, 2.24) is 5.06 Å². The maximum Gasteiger partial charge on any atom is 0.338 e. The number of amides is 2. The average molecular weight is 206 g/mol. The number of hydrogen-bond donors (Lipinski definition) is 2. The van der Waals surface area contributed by atoms with Gasteiger partial charge in [0.15, 0.2) is 0 Å². The van der Waals surface area contributed by atoms with Crippen molar-refractivity contribution >= 4 is 6.03 Å². The summed E-state index contributed by atoms with van der Waals surface area (Å²) in [4.78, 5) is 10.6. The van der Waals surface area contributed by atoms with E-state index in [9.17, 15) is 4.79 Å². The summed E-state index contributed by atoms with van der Waals surface area (Å²) in [7, 11) is 0. The number of urea groups is 1.